The molecular weight excluding hydrogens is 210 g/mol. The van der Waals surface area contributed by atoms with Crippen molar-refractivity contribution in [1.29, 1.82) is 0 Å². The Morgan fingerprint density at radius 2 is 2.00 bits per heavy atom. The molecule has 0 radical (unpaired) electrons. The van der Waals surface area contributed by atoms with Crippen molar-refractivity contribution in [3.8, 4) is 5.75 Å². The molecular formula is C12H18ClNO. The molecule has 0 aliphatic rings. The van der Waals surface area contributed by atoms with E-state index in [0.29, 0.717) is 5.75 Å². The van der Waals surface area contributed by atoms with E-state index in [0.717, 1.165) is 25.9 Å². The normalized spacial score (nSPS) is 12.7. The first-order valence-electron chi connectivity index (χ1n) is 5.31. The van der Waals surface area contributed by atoms with Crippen molar-refractivity contribution in [1.82, 2.24) is 5.32 Å². The van der Waals surface area contributed by atoms with Gasteiger partial charge in [-0.1, -0.05) is 12.1 Å². The number of hydrogen-bond acceptors (Lipinski definition) is 2. The van der Waals surface area contributed by atoms with Gasteiger partial charge >= 0.3 is 0 Å². The van der Waals surface area contributed by atoms with Gasteiger partial charge in [0.2, 0.25) is 0 Å². The summed E-state index contributed by atoms with van der Waals surface area (Å²) in [6.45, 7) is 3.84. The lowest BCUT2D eigenvalue weighted by atomic mass is 10.2. The van der Waals surface area contributed by atoms with Gasteiger partial charge in [0.05, 0.1) is 0 Å². The molecule has 0 spiro atoms. The number of aromatic hydroxyl groups is 1. The average Bonchev–Trinajstić information content (AvgIpc) is 2.20. The van der Waals surface area contributed by atoms with Gasteiger partial charge in [0, 0.05) is 11.9 Å². The maximum absolute atomic E-state index is 9.09. The summed E-state index contributed by atoms with van der Waals surface area (Å²) in [7, 11) is 0. The SMILES string of the molecule is CC(Cl)CCCNCc1ccc(O)cc1. The molecule has 0 bridgehead atoms. The molecule has 1 aromatic carbocycles. The second-order valence-corrected chi connectivity index (χ2v) is 4.51. The highest BCUT2D eigenvalue weighted by Gasteiger charge is 1.96. The quantitative estimate of drug-likeness (QED) is 0.579. The standard InChI is InChI=1S/C12H18ClNO/c1-10(13)3-2-8-14-9-11-4-6-12(15)7-5-11/h4-7,10,14-15H,2-3,8-9H2,1H3. The molecule has 3 heteroatoms. The molecule has 15 heavy (non-hydrogen) atoms. The smallest absolute Gasteiger partial charge is 0.115 e. The highest BCUT2D eigenvalue weighted by atomic mass is 35.5. The van der Waals surface area contributed by atoms with E-state index < -0.39 is 0 Å². The first-order valence-corrected chi connectivity index (χ1v) is 5.75. The predicted octanol–water partition coefficient (Wildman–Crippen LogP) is 2.89. The first kappa shape index (κ1) is 12.3. The number of benzene rings is 1. The zero-order valence-electron chi connectivity index (χ0n) is 9.04. The lowest BCUT2D eigenvalue weighted by molar-refractivity contribution is 0.475. The zero-order chi connectivity index (χ0) is 11.1. The molecule has 2 N–H and O–H groups in total. The zero-order valence-corrected chi connectivity index (χ0v) is 9.80. The second kappa shape index (κ2) is 6.70. The lowest BCUT2D eigenvalue weighted by Gasteiger charge is -2.05. The molecule has 0 amide bonds. The fourth-order valence-electron chi connectivity index (χ4n) is 1.35. The molecule has 0 saturated heterocycles. The van der Waals surface area contributed by atoms with E-state index in [1.165, 1.54) is 5.56 Å². The maximum Gasteiger partial charge on any atom is 0.115 e. The highest BCUT2D eigenvalue weighted by molar-refractivity contribution is 6.20. The van der Waals surface area contributed by atoms with Crippen LogP contribution in [0, 0.1) is 0 Å². The van der Waals surface area contributed by atoms with Crippen LogP contribution >= 0.6 is 11.6 Å². The molecule has 0 heterocycles. The second-order valence-electron chi connectivity index (χ2n) is 3.77. The van der Waals surface area contributed by atoms with Crippen molar-refractivity contribution < 1.29 is 5.11 Å². The van der Waals surface area contributed by atoms with Crippen molar-refractivity contribution in [3.63, 3.8) is 0 Å². The molecule has 1 unspecified atom stereocenters. The topological polar surface area (TPSA) is 32.3 Å². The minimum Gasteiger partial charge on any atom is -0.508 e. The van der Waals surface area contributed by atoms with Crippen LogP contribution < -0.4 is 5.32 Å². The summed E-state index contributed by atoms with van der Waals surface area (Å²) in [6.07, 6.45) is 2.15. The van der Waals surface area contributed by atoms with Crippen LogP contribution in [0.1, 0.15) is 25.3 Å². The molecule has 0 aliphatic heterocycles. The number of phenolic OH excluding ortho intramolecular Hbond substituents is 1. The molecule has 0 aliphatic carbocycles. The van der Waals surface area contributed by atoms with Crippen LogP contribution in [0.2, 0.25) is 0 Å². The average molecular weight is 228 g/mol. The summed E-state index contributed by atoms with van der Waals surface area (Å²) in [5, 5.41) is 12.7. The van der Waals surface area contributed by atoms with Gasteiger partial charge in [-0.2, -0.15) is 0 Å². The lowest BCUT2D eigenvalue weighted by Crippen LogP contribution is -2.15. The third kappa shape index (κ3) is 5.65. The Bertz CT molecular complexity index is 271. The monoisotopic (exact) mass is 227 g/mol. The maximum atomic E-state index is 9.09. The Kier molecular flexibility index (Phi) is 5.51. The van der Waals surface area contributed by atoms with Gasteiger partial charge in [-0.3, -0.25) is 0 Å². The molecule has 84 valence electrons. The number of halogens is 1. The van der Waals surface area contributed by atoms with Gasteiger partial charge in [0.1, 0.15) is 5.75 Å². The molecule has 1 atom stereocenters. The van der Waals surface area contributed by atoms with E-state index in [4.69, 9.17) is 16.7 Å². The van der Waals surface area contributed by atoms with Crippen molar-refractivity contribution in [3.05, 3.63) is 29.8 Å². The van der Waals surface area contributed by atoms with Gasteiger partial charge in [0.25, 0.3) is 0 Å². The van der Waals surface area contributed by atoms with Gasteiger partial charge < -0.3 is 10.4 Å². The van der Waals surface area contributed by atoms with Crippen LogP contribution in [0.4, 0.5) is 0 Å². The Morgan fingerprint density at radius 3 is 2.60 bits per heavy atom. The van der Waals surface area contributed by atoms with Crippen LogP contribution in [0.5, 0.6) is 5.75 Å². The number of phenols is 1. The third-order valence-electron chi connectivity index (χ3n) is 2.22. The van der Waals surface area contributed by atoms with E-state index >= 15 is 0 Å². The Balaban J connectivity index is 2.12. The summed E-state index contributed by atoms with van der Waals surface area (Å²) in [4.78, 5) is 0. The summed E-state index contributed by atoms with van der Waals surface area (Å²) >= 11 is 5.84. The summed E-state index contributed by atoms with van der Waals surface area (Å²) in [5.74, 6) is 0.315. The molecule has 2 nitrogen and oxygen atoms in total. The fourth-order valence-corrected chi connectivity index (χ4v) is 1.51. The Morgan fingerprint density at radius 1 is 1.33 bits per heavy atom. The first-order chi connectivity index (χ1) is 7.18. The van der Waals surface area contributed by atoms with Crippen molar-refractivity contribution in [2.75, 3.05) is 6.54 Å². The van der Waals surface area contributed by atoms with E-state index in [-0.39, 0.29) is 5.38 Å². The van der Waals surface area contributed by atoms with Gasteiger partial charge in [-0.05, 0) is 44.0 Å². The molecule has 1 aromatic rings. The van der Waals surface area contributed by atoms with Crippen molar-refractivity contribution in [2.24, 2.45) is 0 Å². The van der Waals surface area contributed by atoms with Crippen LogP contribution in [0.25, 0.3) is 0 Å². The van der Waals surface area contributed by atoms with Crippen molar-refractivity contribution >= 4 is 11.6 Å². The van der Waals surface area contributed by atoms with Crippen LogP contribution in [0.3, 0.4) is 0 Å². The Labute approximate surface area is 96.3 Å². The molecule has 0 aromatic heterocycles. The third-order valence-corrected chi connectivity index (χ3v) is 2.44. The summed E-state index contributed by atoms with van der Waals surface area (Å²) in [6, 6.07) is 7.26. The number of hydrogen-bond donors (Lipinski definition) is 2. The Hall–Kier alpha value is -0.730. The van der Waals surface area contributed by atoms with Crippen LogP contribution in [-0.2, 0) is 6.54 Å². The van der Waals surface area contributed by atoms with Gasteiger partial charge in [-0.25, -0.2) is 0 Å². The predicted molar refractivity (Wildman–Crippen MR) is 64.4 cm³/mol. The minimum absolute atomic E-state index is 0.264. The largest absolute Gasteiger partial charge is 0.508 e. The molecule has 0 fully saturated rings. The molecule has 1 rings (SSSR count). The number of alkyl halides is 1. The van der Waals surface area contributed by atoms with E-state index in [1.807, 2.05) is 19.1 Å². The summed E-state index contributed by atoms with van der Waals surface area (Å²) in [5.41, 5.74) is 1.19. The minimum atomic E-state index is 0.264. The fraction of sp³-hybridized carbons (Fsp3) is 0.500. The highest BCUT2D eigenvalue weighted by Crippen LogP contribution is 2.09. The van der Waals surface area contributed by atoms with Gasteiger partial charge in [0.15, 0.2) is 0 Å². The van der Waals surface area contributed by atoms with Gasteiger partial charge in [-0.15, -0.1) is 11.6 Å². The van der Waals surface area contributed by atoms with E-state index in [9.17, 15) is 0 Å². The number of nitrogens with one attached hydrogen (secondary N) is 1. The van der Waals surface area contributed by atoms with Crippen molar-refractivity contribution in [2.45, 2.75) is 31.7 Å². The summed E-state index contributed by atoms with van der Waals surface area (Å²) < 4.78 is 0. The van der Waals surface area contributed by atoms with E-state index in [2.05, 4.69) is 5.32 Å². The van der Waals surface area contributed by atoms with Crippen LogP contribution in [-0.4, -0.2) is 17.0 Å². The number of rotatable bonds is 6. The molecule has 0 saturated carbocycles. The van der Waals surface area contributed by atoms with Crippen LogP contribution in [0.15, 0.2) is 24.3 Å². The van der Waals surface area contributed by atoms with E-state index in [1.54, 1.807) is 12.1 Å².